The molecule has 0 unspecified atom stereocenters. The van der Waals surface area contributed by atoms with Gasteiger partial charge < -0.3 is 18.6 Å². The fourth-order valence-corrected chi connectivity index (χ4v) is 4.39. The predicted octanol–water partition coefficient (Wildman–Crippen LogP) is 7.47. The molecule has 0 amide bonds. The van der Waals surface area contributed by atoms with Crippen molar-refractivity contribution >= 4 is 28.5 Å². The van der Waals surface area contributed by atoms with Gasteiger partial charge in [-0.1, -0.05) is 56.0 Å². The molecule has 3 aromatic carbocycles. The maximum absolute atomic E-state index is 13.4. The van der Waals surface area contributed by atoms with Crippen molar-refractivity contribution in [3.8, 4) is 28.4 Å². The number of aryl methyl sites for hydroxylation is 1. The quantitative estimate of drug-likeness (QED) is 0.123. The van der Waals surface area contributed by atoms with Crippen molar-refractivity contribution < 1.29 is 23.4 Å². The van der Waals surface area contributed by atoms with Crippen LogP contribution in [-0.4, -0.2) is 20.2 Å². The molecule has 0 spiro atoms. The summed E-state index contributed by atoms with van der Waals surface area (Å²) < 4.78 is 22.5. The van der Waals surface area contributed by atoms with Gasteiger partial charge in [0, 0.05) is 11.1 Å². The van der Waals surface area contributed by atoms with Crippen molar-refractivity contribution in [1.29, 1.82) is 0 Å². The highest BCUT2D eigenvalue weighted by Crippen LogP contribution is 2.33. The van der Waals surface area contributed by atoms with Crippen molar-refractivity contribution in [2.75, 3.05) is 14.2 Å². The zero-order valence-corrected chi connectivity index (χ0v) is 21.9. The van der Waals surface area contributed by atoms with Crippen molar-refractivity contribution in [2.24, 2.45) is 0 Å². The summed E-state index contributed by atoms with van der Waals surface area (Å²) in [5.74, 6) is 0.399. The minimum absolute atomic E-state index is 0.164. The summed E-state index contributed by atoms with van der Waals surface area (Å²) in [5, 5.41) is 1.01. The molecule has 192 valence electrons. The Morgan fingerprint density at radius 1 is 0.919 bits per heavy atom. The average Bonchev–Trinajstić information content (AvgIpc) is 2.91. The first-order valence-corrected chi connectivity index (χ1v) is 12.6. The van der Waals surface area contributed by atoms with Crippen LogP contribution in [0.3, 0.4) is 0 Å². The van der Waals surface area contributed by atoms with E-state index < -0.39 is 5.97 Å². The Hall–Kier alpha value is -3.77. The number of fused-ring (bicyclic) bond motifs is 1. The number of hydrogen-bond donors (Lipinski definition) is 0. The molecule has 1 aromatic heterocycles. The van der Waals surface area contributed by atoms with Gasteiger partial charge in [0.05, 0.1) is 25.2 Å². The monoisotopic (exact) mass is 520 g/mol. The standard InChI is InChI=1S/C30H29ClO6/c1-4-5-6-7-9-20-16-22-27(36-18-23(29(22)32)19-12-14-21(31)15-13-19)17-26(20)37-30(33)28-24(34-2)10-8-11-25(28)35-3/h8,10-18H,4-7,9H2,1-3H3. The Bertz CT molecular complexity index is 1430. The second-order valence-electron chi connectivity index (χ2n) is 8.68. The zero-order chi connectivity index (χ0) is 26.4. The zero-order valence-electron chi connectivity index (χ0n) is 21.1. The highest BCUT2D eigenvalue weighted by Gasteiger charge is 2.22. The third-order valence-corrected chi connectivity index (χ3v) is 6.50. The summed E-state index contributed by atoms with van der Waals surface area (Å²) in [6.07, 6.45) is 6.19. The van der Waals surface area contributed by atoms with Crippen LogP contribution in [-0.2, 0) is 6.42 Å². The lowest BCUT2D eigenvalue weighted by molar-refractivity contribution is 0.0726. The third-order valence-electron chi connectivity index (χ3n) is 6.25. The van der Waals surface area contributed by atoms with Crippen LogP contribution in [0.1, 0.15) is 48.5 Å². The molecule has 0 radical (unpaired) electrons. The number of halogens is 1. The summed E-state index contributed by atoms with van der Waals surface area (Å²) in [7, 11) is 2.96. The largest absolute Gasteiger partial charge is 0.496 e. The summed E-state index contributed by atoms with van der Waals surface area (Å²) in [6.45, 7) is 2.15. The number of carbonyl (C=O) groups excluding carboxylic acids is 1. The van der Waals surface area contributed by atoms with Gasteiger partial charge in [0.15, 0.2) is 0 Å². The summed E-state index contributed by atoms with van der Waals surface area (Å²) in [4.78, 5) is 26.7. The number of methoxy groups -OCH3 is 2. The van der Waals surface area contributed by atoms with E-state index in [9.17, 15) is 9.59 Å². The molecule has 4 aromatic rings. The number of benzene rings is 3. The highest BCUT2D eigenvalue weighted by molar-refractivity contribution is 6.30. The van der Waals surface area contributed by atoms with Crippen LogP contribution in [0.4, 0.5) is 0 Å². The molecule has 0 aliphatic heterocycles. The van der Waals surface area contributed by atoms with Gasteiger partial charge >= 0.3 is 5.97 Å². The molecule has 6 nitrogen and oxygen atoms in total. The first kappa shape index (κ1) is 26.3. The maximum atomic E-state index is 13.4. The van der Waals surface area contributed by atoms with Gasteiger partial charge in [-0.15, -0.1) is 0 Å². The lowest BCUT2D eigenvalue weighted by atomic mass is 10.0. The van der Waals surface area contributed by atoms with Gasteiger partial charge in [-0.3, -0.25) is 4.79 Å². The molecule has 0 saturated carbocycles. The molecule has 0 fully saturated rings. The first-order chi connectivity index (χ1) is 18.0. The molecule has 7 heteroatoms. The topological polar surface area (TPSA) is 75.0 Å². The Kier molecular flexibility index (Phi) is 8.51. The van der Waals surface area contributed by atoms with Crippen molar-refractivity contribution in [2.45, 2.75) is 39.0 Å². The van der Waals surface area contributed by atoms with Gasteiger partial charge in [-0.05, 0) is 54.3 Å². The van der Waals surface area contributed by atoms with Crippen LogP contribution in [0.5, 0.6) is 17.2 Å². The van der Waals surface area contributed by atoms with Gasteiger partial charge in [-0.25, -0.2) is 4.79 Å². The van der Waals surface area contributed by atoms with Gasteiger partial charge in [0.2, 0.25) is 5.43 Å². The minimum atomic E-state index is -0.622. The normalized spacial score (nSPS) is 10.9. The Morgan fingerprint density at radius 3 is 2.27 bits per heavy atom. The Morgan fingerprint density at radius 2 is 1.62 bits per heavy atom. The Balaban J connectivity index is 1.77. The molecule has 4 rings (SSSR count). The van der Waals surface area contributed by atoms with E-state index >= 15 is 0 Å². The number of carbonyl (C=O) groups is 1. The second kappa shape index (κ2) is 12.0. The molecule has 1 heterocycles. The highest BCUT2D eigenvalue weighted by atomic mass is 35.5. The number of hydrogen-bond acceptors (Lipinski definition) is 6. The maximum Gasteiger partial charge on any atom is 0.351 e. The van der Waals surface area contributed by atoms with Crippen LogP contribution >= 0.6 is 11.6 Å². The second-order valence-corrected chi connectivity index (χ2v) is 9.12. The molecule has 37 heavy (non-hydrogen) atoms. The van der Waals surface area contributed by atoms with E-state index in [0.29, 0.717) is 50.8 Å². The fraction of sp³-hybridized carbons (Fsp3) is 0.267. The van der Waals surface area contributed by atoms with Crippen molar-refractivity contribution in [3.63, 3.8) is 0 Å². The van der Waals surface area contributed by atoms with E-state index in [1.165, 1.54) is 20.5 Å². The predicted molar refractivity (Wildman–Crippen MR) is 145 cm³/mol. The van der Waals surface area contributed by atoms with E-state index in [1.807, 2.05) is 0 Å². The molecule has 0 N–H and O–H groups in total. The van der Waals surface area contributed by atoms with E-state index in [-0.39, 0.29) is 11.0 Å². The van der Waals surface area contributed by atoms with Crippen LogP contribution in [0.2, 0.25) is 5.02 Å². The molecular formula is C30H29ClO6. The number of rotatable bonds is 10. The average molecular weight is 521 g/mol. The smallest absolute Gasteiger partial charge is 0.351 e. The molecule has 0 saturated heterocycles. The van der Waals surface area contributed by atoms with Crippen molar-refractivity contribution in [1.82, 2.24) is 0 Å². The van der Waals surface area contributed by atoms with Crippen LogP contribution in [0, 0.1) is 0 Å². The lowest BCUT2D eigenvalue weighted by Crippen LogP contribution is -2.13. The van der Waals surface area contributed by atoms with Gasteiger partial charge in [0.1, 0.15) is 34.7 Å². The molecular weight excluding hydrogens is 492 g/mol. The molecule has 0 aliphatic rings. The van der Waals surface area contributed by atoms with E-state index in [1.54, 1.807) is 54.6 Å². The van der Waals surface area contributed by atoms with E-state index in [2.05, 4.69) is 6.92 Å². The van der Waals surface area contributed by atoms with Crippen molar-refractivity contribution in [3.05, 3.63) is 87.2 Å². The molecule has 0 aliphatic carbocycles. The summed E-state index contributed by atoms with van der Waals surface area (Å²) in [5.41, 5.74) is 2.25. The number of ether oxygens (including phenoxy) is 3. The first-order valence-electron chi connectivity index (χ1n) is 12.2. The van der Waals surface area contributed by atoms with Gasteiger partial charge in [0.25, 0.3) is 0 Å². The Labute approximate surface area is 220 Å². The fourth-order valence-electron chi connectivity index (χ4n) is 4.27. The number of unbranched alkanes of at least 4 members (excludes halogenated alkanes) is 3. The van der Waals surface area contributed by atoms with Crippen LogP contribution < -0.4 is 19.6 Å². The SMILES string of the molecule is CCCCCCc1cc2c(=O)c(-c3ccc(Cl)cc3)coc2cc1OC(=O)c1c(OC)cccc1OC. The summed E-state index contributed by atoms with van der Waals surface area (Å²) in [6, 6.07) is 15.5. The van der Waals surface area contributed by atoms with Crippen LogP contribution in [0.15, 0.2) is 70.1 Å². The third kappa shape index (κ3) is 5.81. The molecule has 0 atom stereocenters. The van der Waals surface area contributed by atoms with E-state index in [0.717, 1.165) is 31.2 Å². The number of esters is 1. The molecule has 0 bridgehead atoms. The van der Waals surface area contributed by atoms with E-state index in [4.69, 9.17) is 30.2 Å². The van der Waals surface area contributed by atoms with Gasteiger partial charge in [-0.2, -0.15) is 0 Å². The van der Waals surface area contributed by atoms with Crippen LogP contribution in [0.25, 0.3) is 22.1 Å². The lowest BCUT2D eigenvalue weighted by Gasteiger charge is -2.15. The summed E-state index contributed by atoms with van der Waals surface area (Å²) >= 11 is 6.01. The minimum Gasteiger partial charge on any atom is -0.496 e.